The maximum Gasteiger partial charge on any atom is 0.0161 e. The third-order valence-corrected chi connectivity index (χ3v) is 4.67. The molecule has 1 aliphatic heterocycles. The van der Waals surface area contributed by atoms with E-state index in [2.05, 4.69) is 58.2 Å². The summed E-state index contributed by atoms with van der Waals surface area (Å²) in [6.45, 7) is 14.3. The zero-order valence-electron chi connectivity index (χ0n) is 12.0. The number of hydrogen-bond acceptors (Lipinski definition) is 2. The summed E-state index contributed by atoms with van der Waals surface area (Å²) in [4.78, 5) is 2.74. The van der Waals surface area contributed by atoms with Crippen molar-refractivity contribution >= 4 is 11.8 Å². The number of nitrogens with zero attached hydrogens (tertiary/aromatic N) is 1. The van der Waals surface area contributed by atoms with E-state index < -0.39 is 0 Å². The first-order chi connectivity index (χ1) is 7.25. The second-order valence-corrected chi connectivity index (χ2v) is 7.93. The molecular weight excluding hydrogens is 214 g/mol. The molecule has 0 aromatic heterocycles. The first-order valence-corrected chi connectivity index (χ1v) is 7.78. The fourth-order valence-electron chi connectivity index (χ4n) is 3.38. The van der Waals surface area contributed by atoms with E-state index in [1.165, 1.54) is 30.8 Å². The van der Waals surface area contributed by atoms with Gasteiger partial charge in [-0.15, -0.1) is 0 Å². The molecular formula is C14H29NS. The molecule has 1 unspecified atom stereocenters. The molecule has 0 bridgehead atoms. The van der Waals surface area contributed by atoms with Crippen LogP contribution in [-0.2, 0) is 0 Å². The van der Waals surface area contributed by atoms with Gasteiger partial charge in [-0.25, -0.2) is 0 Å². The highest BCUT2D eigenvalue weighted by molar-refractivity contribution is 7.99. The summed E-state index contributed by atoms with van der Waals surface area (Å²) >= 11 is 2.13. The van der Waals surface area contributed by atoms with Gasteiger partial charge in [0.05, 0.1) is 0 Å². The first kappa shape index (κ1) is 14.4. The molecule has 1 aliphatic rings. The van der Waals surface area contributed by atoms with Crippen molar-refractivity contribution in [2.24, 2.45) is 0 Å². The molecule has 1 rings (SSSR count). The highest BCUT2D eigenvalue weighted by Crippen LogP contribution is 2.34. The van der Waals surface area contributed by atoms with Gasteiger partial charge in [-0.3, -0.25) is 4.90 Å². The normalized spacial score (nSPS) is 29.2. The molecule has 0 aromatic rings. The van der Waals surface area contributed by atoms with Gasteiger partial charge < -0.3 is 0 Å². The van der Waals surface area contributed by atoms with Gasteiger partial charge in [-0.2, -0.15) is 11.8 Å². The van der Waals surface area contributed by atoms with E-state index in [0.29, 0.717) is 11.6 Å². The Labute approximate surface area is 106 Å². The molecule has 16 heavy (non-hydrogen) atoms. The Kier molecular flexibility index (Phi) is 4.76. The number of hydrogen-bond donors (Lipinski definition) is 0. The van der Waals surface area contributed by atoms with Crippen molar-refractivity contribution in [1.82, 2.24) is 4.90 Å². The van der Waals surface area contributed by atoms with Crippen LogP contribution in [0.4, 0.5) is 0 Å². The van der Waals surface area contributed by atoms with Crippen LogP contribution in [0.2, 0.25) is 0 Å². The van der Waals surface area contributed by atoms with Gasteiger partial charge >= 0.3 is 0 Å². The zero-order chi connectivity index (χ0) is 12.4. The highest BCUT2D eigenvalue weighted by Gasteiger charge is 2.37. The van der Waals surface area contributed by atoms with Gasteiger partial charge in [-0.05, 0) is 72.3 Å². The average molecular weight is 243 g/mol. The average Bonchev–Trinajstić information content (AvgIpc) is 2.12. The van der Waals surface area contributed by atoms with Gasteiger partial charge in [0.25, 0.3) is 0 Å². The second-order valence-electron chi connectivity index (χ2n) is 6.71. The van der Waals surface area contributed by atoms with E-state index in [1.807, 2.05) is 0 Å². The molecule has 1 nitrogen and oxygen atoms in total. The lowest BCUT2D eigenvalue weighted by Crippen LogP contribution is -2.58. The van der Waals surface area contributed by atoms with Gasteiger partial charge in [0.15, 0.2) is 0 Å². The summed E-state index contributed by atoms with van der Waals surface area (Å²) in [6.07, 6.45) is 4.00. The molecule has 0 spiro atoms. The molecule has 0 aliphatic carbocycles. The third kappa shape index (κ3) is 3.66. The minimum absolute atomic E-state index is 0.276. The minimum atomic E-state index is 0.276. The van der Waals surface area contributed by atoms with Gasteiger partial charge in [0.2, 0.25) is 0 Å². The molecule has 0 radical (unpaired) electrons. The Hall–Kier alpha value is 0.310. The van der Waals surface area contributed by atoms with Crippen molar-refractivity contribution in [3.05, 3.63) is 0 Å². The topological polar surface area (TPSA) is 3.24 Å². The third-order valence-electron chi connectivity index (χ3n) is 3.57. The van der Waals surface area contributed by atoms with E-state index in [9.17, 15) is 0 Å². The summed E-state index contributed by atoms with van der Waals surface area (Å²) in [6, 6.07) is 0.695. The molecule has 96 valence electrons. The smallest absolute Gasteiger partial charge is 0.0161 e. The van der Waals surface area contributed by atoms with E-state index in [-0.39, 0.29) is 5.54 Å². The quantitative estimate of drug-likeness (QED) is 0.628. The molecule has 1 saturated heterocycles. The van der Waals surface area contributed by atoms with Gasteiger partial charge in [0, 0.05) is 17.1 Å². The Bertz CT molecular complexity index is 217. The van der Waals surface area contributed by atoms with Crippen LogP contribution >= 0.6 is 11.8 Å². The predicted molar refractivity (Wildman–Crippen MR) is 76.3 cm³/mol. The van der Waals surface area contributed by atoms with Crippen molar-refractivity contribution < 1.29 is 0 Å². The van der Waals surface area contributed by atoms with Crippen molar-refractivity contribution in [2.45, 2.75) is 77.9 Å². The maximum absolute atomic E-state index is 2.74. The van der Waals surface area contributed by atoms with Crippen LogP contribution in [-0.4, -0.2) is 33.5 Å². The summed E-state index contributed by atoms with van der Waals surface area (Å²) in [5, 5.41) is 0. The Morgan fingerprint density at radius 2 is 1.81 bits per heavy atom. The molecule has 0 aromatic carbocycles. The maximum atomic E-state index is 2.74. The van der Waals surface area contributed by atoms with E-state index >= 15 is 0 Å². The molecule has 2 heteroatoms. The van der Waals surface area contributed by atoms with Crippen LogP contribution in [0.1, 0.15) is 60.8 Å². The van der Waals surface area contributed by atoms with E-state index in [1.54, 1.807) is 0 Å². The van der Waals surface area contributed by atoms with E-state index in [4.69, 9.17) is 0 Å². The summed E-state index contributed by atoms with van der Waals surface area (Å²) in [5.74, 6) is 2.66. The van der Waals surface area contributed by atoms with Crippen LogP contribution in [0.5, 0.6) is 0 Å². The number of thioether (sulfide) groups is 1. The zero-order valence-corrected chi connectivity index (χ0v) is 12.8. The van der Waals surface area contributed by atoms with Crippen LogP contribution < -0.4 is 0 Å². The Morgan fingerprint density at radius 3 is 2.38 bits per heavy atom. The van der Waals surface area contributed by atoms with Crippen LogP contribution in [0.15, 0.2) is 0 Å². The van der Waals surface area contributed by atoms with Crippen molar-refractivity contribution in [1.29, 1.82) is 0 Å². The molecule has 0 amide bonds. The fourth-order valence-corrected chi connectivity index (χ4v) is 4.44. The van der Waals surface area contributed by atoms with Gasteiger partial charge in [0.1, 0.15) is 0 Å². The van der Waals surface area contributed by atoms with Gasteiger partial charge in [-0.1, -0.05) is 0 Å². The number of rotatable bonds is 0. The van der Waals surface area contributed by atoms with Crippen molar-refractivity contribution in [3.63, 3.8) is 0 Å². The monoisotopic (exact) mass is 243 g/mol. The lowest BCUT2D eigenvalue weighted by molar-refractivity contribution is -0.0141. The molecule has 0 saturated carbocycles. The lowest BCUT2D eigenvalue weighted by atomic mass is 9.88. The summed E-state index contributed by atoms with van der Waals surface area (Å²) in [5.41, 5.74) is 0.612. The lowest BCUT2D eigenvalue weighted by Gasteiger charge is -2.50. The molecule has 1 atom stereocenters. The summed E-state index contributed by atoms with van der Waals surface area (Å²) in [7, 11) is 0. The Morgan fingerprint density at radius 1 is 1.19 bits per heavy atom. The van der Waals surface area contributed by atoms with Crippen molar-refractivity contribution in [2.75, 3.05) is 11.5 Å². The van der Waals surface area contributed by atoms with Crippen LogP contribution in [0.25, 0.3) is 0 Å². The predicted octanol–water partition coefficient (Wildman–Crippen LogP) is 4.17. The molecule has 0 N–H and O–H groups in total. The first-order valence-electron chi connectivity index (χ1n) is 6.62. The largest absolute Gasteiger partial charge is 0.291 e. The second kappa shape index (κ2) is 5.30. The molecule has 1 fully saturated rings. The Balaban J connectivity index is 2.91. The minimum Gasteiger partial charge on any atom is -0.291 e. The fraction of sp³-hybridized carbons (Fsp3) is 1.00. The standard InChI is InChI=1S/C14H29NS/c1-12-8-11-16-10-7-9-14(5,6)15(12)13(2,3)4/h12H,7-11H2,1-6H3. The summed E-state index contributed by atoms with van der Waals surface area (Å²) < 4.78 is 0. The van der Waals surface area contributed by atoms with E-state index in [0.717, 1.165) is 0 Å². The van der Waals surface area contributed by atoms with Crippen LogP contribution in [0.3, 0.4) is 0 Å². The van der Waals surface area contributed by atoms with Crippen molar-refractivity contribution in [3.8, 4) is 0 Å². The van der Waals surface area contributed by atoms with Crippen LogP contribution in [0, 0.1) is 0 Å². The highest BCUT2D eigenvalue weighted by atomic mass is 32.2. The molecule has 1 heterocycles. The SMILES string of the molecule is CC1CCSCCCC(C)(C)N1C(C)(C)C.